The van der Waals surface area contributed by atoms with E-state index >= 15 is 0 Å². The fourth-order valence-electron chi connectivity index (χ4n) is 2.14. The number of rotatable bonds is 4. The molecule has 0 aliphatic carbocycles. The molecule has 4 nitrogen and oxygen atoms in total. The molecule has 0 saturated heterocycles. The van der Waals surface area contributed by atoms with Crippen molar-refractivity contribution in [2.24, 2.45) is 5.73 Å². The molecule has 20 heavy (non-hydrogen) atoms. The van der Waals surface area contributed by atoms with Gasteiger partial charge in [0.2, 0.25) is 5.91 Å². The molecule has 1 amide bonds. The van der Waals surface area contributed by atoms with Crippen LogP contribution in [-0.4, -0.2) is 21.3 Å². The van der Waals surface area contributed by atoms with Crippen molar-refractivity contribution in [3.05, 3.63) is 29.6 Å². The van der Waals surface area contributed by atoms with Crippen molar-refractivity contribution < 1.29 is 13.6 Å². The highest BCUT2D eigenvalue weighted by atomic mass is 35.5. The maximum atomic E-state index is 13.8. The zero-order chi connectivity index (χ0) is 15.1. The summed E-state index contributed by atoms with van der Waals surface area (Å²) in [7, 11) is 0. The van der Waals surface area contributed by atoms with Gasteiger partial charge in [-0.05, 0) is 13.8 Å². The Morgan fingerprint density at radius 1 is 1.45 bits per heavy atom. The summed E-state index contributed by atoms with van der Waals surface area (Å²) in [6, 6.07) is 1.88. The third-order valence-corrected chi connectivity index (χ3v) is 3.42. The summed E-state index contributed by atoms with van der Waals surface area (Å²) in [5.41, 5.74) is 4.40. The molecule has 2 aromatic rings. The highest BCUT2D eigenvalue weighted by molar-refractivity contribution is 6.17. The van der Waals surface area contributed by atoms with Gasteiger partial charge in [-0.1, -0.05) is 0 Å². The second kappa shape index (κ2) is 5.01. The van der Waals surface area contributed by atoms with Crippen molar-refractivity contribution >= 4 is 28.5 Å². The number of primary amides is 1. The predicted octanol–water partition coefficient (Wildman–Crippen LogP) is 2.32. The van der Waals surface area contributed by atoms with Crippen LogP contribution in [0, 0.1) is 11.6 Å². The molecule has 2 N–H and O–H groups in total. The number of fused-ring (bicyclic) bond motifs is 1. The van der Waals surface area contributed by atoms with Crippen LogP contribution in [0.4, 0.5) is 8.78 Å². The van der Waals surface area contributed by atoms with E-state index in [0.717, 1.165) is 12.1 Å². The highest BCUT2D eigenvalue weighted by Crippen LogP contribution is 2.28. The third kappa shape index (κ3) is 2.24. The first kappa shape index (κ1) is 14.7. The molecule has 0 spiro atoms. The largest absolute Gasteiger partial charge is 0.368 e. The van der Waals surface area contributed by atoms with Crippen LogP contribution in [0.1, 0.15) is 19.7 Å². The van der Waals surface area contributed by atoms with E-state index in [0.29, 0.717) is 12.2 Å². The van der Waals surface area contributed by atoms with Gasteiger partial charge in [-0.2, -0.15) is 0 Å². The molecule has 0 aliphatic rings. The van der Waals surface area contributed by atoms with E-state index in [1.54, 1.807) is 13.8 Å². The summed E-state index contributed by atoms with van der Waals surface area (Å²) < 4.78 is 28.7. The first-order chi connectivity index (χ1) is 9.28. The monoisotopic (exact) mass is 301 g/mol. The molecule has 0 bridgehead atoms. The number of imidazole rings is 1. The van der Waals surface area contributed by atoms with E-state index in [1.165, 1.54) is 4.57 Å². The fourth-order valence-corrected chi connectivity index (χ4v) is 2.31. The van der Waals surface area contributed by atoms with Crippen LogP contribution in [0.25, 0.3) is 11.0 Å². The predicted molar refractivity (Wildman–Crippen MR) is 72.6 cm³/mol. The first-order valence-electron chi connectivity index (χ1n) is 6.01. The SMILES string of the molecule is CC(C)(C(N)=O)n1c(CCCl)nc2c(F)cc(F)cc21. The molecular weight excluding hydrogens is 288 g/mol. The molecule has 0 aliphatic heterocycles. The molecule has 0 fully saturated rings. The minimum Gasteiger partial charge on any atom is -0.368 e. The number of hydrogen-bond donors (Lipinski definition) is 1. The van der Waals surface area contributed by atoms with Gasteiger partial charge in [-0.3, -0.25) is 4.79 Å². The van der Waals surface area contributed by atoms with Gasteiger partial charge < -0.3 is 10.3 Å². The van der Waals surface area contributed by atoms with E-state index in [1.807, 2.05) is 0 Å². The van der Waals surface area contributed by atoms with Gasteiger partial charge in [0.25, 0.3) is 0 Å². The van der Waals surface area contributed by atoms with Gasteiger partial charge >= 0.3 is 0 Å². The van der Waals surface area contributed by atoms with Crippen molar-refractivity contribution in [2.45, 2.75) is 25.8 Å². The Bertz CT molecular complexity index is 682. The average molecular weight is 302 g/mol. The van der Waals surface area contributed by atoms with Crippen LogP contribution in [0.15, 0.2) is 12.1 Å². The zero-order valence-corrected chi connectivity index (χ0v) is 11.8. The zero-order valence-electron chi connectivity index (χ0n) is 11.1. The molecular formula is C13H14ClF2N3O. The minimum atomic E-state index is -1.17. The van der Waals surface area contributed by atoms with Crippen LogP contribution in [0.3, 0.4) is 0 Å². The number of aromatic nitrogens is 2. The number of nitrogens with two attached hydrogens (primary N) is 1. The summed E-state index contributed by atoms with van der Waals surface area (Å²) in [6.45, 7) is 3.13. The number of hydrogen-bond acceptors (Lipinski definition) is 2. The van der Waals surface area contributed by atoms with Crippen molar-refractivity contribution in [2.75, 3.05) is 5.88 Å². The minimum absolute atomic E-state index is 0.000779. The number of nitrogens with zero attached hydrogens (tertiary/aromatic N) is 2. The summed E-state index contributed by atoms with van der Waals surface area (Å²) in [4.78, 5) is 15.8. The Morgan fingerprint density at radius 3 is 2.65 bits per heavy atom. The number of carbonyl (C=O) groups excluding carboxylic acids is 1. The lowest BCUT2D eigenvalue weighted by molar-refractivity contribution is -0.125. The molecule has 0 atom stereocenters. The molecule has 1 aromatic carbocycles. The van der Waals surface area contributed by atoms with Crippen LogP contribution in [-0.2, 0) is 16.8 Å². The maximum Gasteiger partial charge on any atom is 0.243 e. The molecule has 2 rings (SSSR count). The number of benzene rings is 1. The van der Waals surface area contributed by atoms with Gasteiger partial charge in [0, 0.05) is 24.4 Å². The highest BCUT2D eigenvalue weighted by Gasteiger charge is 2.32. The normalized spacial score (nSPS) is 12.1. The van der Waals surface area contributed by atoms with Gasteiger partial charge in [0.05, 0.1) is 5.52 Å². The molecule has 108 valence electrons. The number of aryl methyl sites for hydroxylation is 1. The smallest absolute Gasteiger partial charge is 0.243 e. The number of carbonyl (C=O) groups is 1. The fraction of sp³-hybridized carbons (Fsp3) is 0.385. The Kier molecular flexibility index (Phi) is 3.69. The van der Waals surface area contributed by atoms with E-state index in [-0.39, 0.29) is 16.9 Å². The van der Waals surface area contributed by atoms with Crippen LogP contribution in [0.5, 0.6) is 0 Å². The number of alkyl halides is 1. The Balaban J connectivity index is 2.85. The summed E-state index contributed by atoms with van der Waals surface area (Å²) in [5.74, 6) is -1.52. The lowest BCUT2D eigenvalue weighted by atomic mass is 10.0. The first-order valence-corrected chi connectivity index (χ1v) is 6.55. The maximum absolute atomic E-state index is 13.8. The average Bonchev–Trinajstić information content (AvgIpc) is 2.68. The molecule has 0 radical (unpaired) electrons. The third-order valence-electron chi connectivity index (χ3n) is 3.23. The standard InChI is InChI=1S/C13H14ClF2N3O/c1-13(2,12(17)20)19-9-6-7(15)5-8(16)11(9)18-10(19)3-4-14/h5-6H,3-4H2,1-2H3,(H2,17,20). The lowest BCUT2D eigenvalue weighted by Gasteiger charge is -2.25. The van der Waals surface area contributed by atoms with Crippen molar-refractivity contribution in [1.82, 2.24) is 9.55 Å². The second-order valence-corrected chi connectivity index (χ2v) is 5.36. The Morgan fingerprint density at radius 2 is 2.10 bits per heavy atom. The summed E-state index contributed by atoms with van der Waals surface area (Å²) in [6.07, 6.45) is 0.313. The second-order valence-electron chi connectivity index (χ2n) is 4.98. The number of amides is 1. The van der Waals surface area contributed by atoms with Crippen LogP contribution in [0.2, 0.25) is 0 Å². The topological polar surface area (TPSA) is 60.9 Å². The Hall–Kier alpha value is -1.69. The summed E-state index contributed by atoms with van der Waals surface area (Å²) >= 11 is 5.70. The van der Waals surface area contributed by atoms with E-state index in [4.69, 9.17) is 17.3 Å². The summed E-state index contributed by atoms with van der Waals surface area (Å²) in [5, 5.41) is 0. The van der Waals surface area contributed by atoms with Gasteiger partial charge in [-0.15, -0.1) is 11.6 Å². The van der Waals surface area contributed by atoms with Crippen molar-refractivity contribution in [3.63, 3.8) is 0 Å². The van der Waals surface area contributed by atoms with Crippen LogP contribution >= 0.6 is 11.6 Å². The molecule has 7 heteroatoms. The molecule has 1 aromatic heterocycles. The van der Waals surface area contributed by atoms with Gasteiger partial charge in [0.1, 0.15) is 22.7 Å². The lowest BCUT2D eigenvalue weighted by Crippen LogP contribution is -2.42. The molecule has 1 heterocycles. The van der Waals surface area contributed by atoms with Crippen molar-refractivity contribution in [1.29, 1.82) is 0 Å². The number of halogens is 3. The van der Waals surface area contributed by atoms with E-state index in [2.05, 4.69) is 4.98 Å². The van der Waals surface area contributed by atoms with Crippen molar-refractivity contribution in [3.8, 4) is 0 Å². The van der Waals surface area contributed by atoms with Gasteiger partial charge in [-0.25, -0.2) is 13.8 Å². The Labute approximate surface area is 119 Å². The molecule has 0 unspecified atom stereocenters. The van der Waals surface area contributed by atoms with Gasteiger partial charge in [0.15, 0.2) is 5.82 Å². The quantitative estimate of drug-likeness (QED) is 0.881. The van der Waals surface area contributed by atoms with E-state index in [9.17, 15) is 13.6 Å². The molecule has 0 saturated carbocycles. The van der Waals surface area contributed by atoms with Crippen LogP contribution < -0.4 is 5.73 Å². The van der Waals surface area contributed by atoms with E-state index < -0.39 is 23.1 Å².